The minimum absolute atomic E-state index is 0.0319. The zero-order chi connectivity index (χ0) is 19.6. The number of nitrogens with one attached hydrogen (secondary N) is 1. The number of aromatic nitrogens is 2. The number of aryl methyl sites for hydroxylation is 1. The number of fused-ring (bicyclic) bond motifs is 1. The molecular formula is C18H15N3O6S. The summed E-state index contributed by atoms with van der Waals surface area (Å²) in [4.78, 5) is 12.5. The van der Waals surface area contributed by atoms with Gasteiger partial charge in [-0.05, 0) is 30.3 Å². The van der Waals surface area contributed by atoms with Crippen LogP contribution in [0.2, 0.25) is 0 Å². The Morgan fingerprint density at radius 3 is 2.64 bits per heavy atom. The number of rotatable bonds is 6. The smallest absolute Gasteiger partial charge is 0.322 e. The lowest BCUT2D eigenvalue weighted by atomic mass is 10.2. The minimum Gasteiger partial charge on any atom is -0.454 e. The van der Waals surface area contributed by atoms with Crippen molar-refractivity contribution in [3.05, 3.63) is 60.0 Å². The molecule has 10 heteroatoms. The average molecular weight is 401 g/mol. The molecule has 0 spiro atoms. The fourth-order valence-corrected chi connectivity index (χ4v) is 3.83. The molecular weight excluding hydrogens is 386 g/mol. The molecule has 0 saturated carbocycles. The number of amides is 1. The molecule has 0 unspecified atom stereocenters. The molecule has 3 aromatic rings. The summed E-state index contributed by atoms with van der Waals surface area (Å²) in [5, 5.41) is 9.98. The quantitative estimate of drug-likeness (QED) is 0.666. The number of nitrogens with zero attached hydrogens (tertiary/aromatic N) is 2. The van der Waals surface area contributed by atoms with Gasteiger partial charge in [-0.25, -0.2) is 8.42 Å². The van der Waals surface area contributed by atoms with E-state index in [9.17, 15) is 13.2 Å². The molecule has 2 heterocycles. The third-order valence-electron chi connectivity index (χ3n) is 4.01. The summed E-state index contributed by atoms with van der Waals surface area (Å²) >= 11 is 0. The number of carbonyl (C=O) groups excluding carboxylic acids is 1. The highest BCUT2D eigenvalue weighted by Gasteiger charge is 2.19. The highest BCUT2D eigenvalue weighted by atomic mass is 32.2. The predicted octanol–water partition coefficient (Wildman–Crippen LogP) is 2.07. The summed E-state index contributed by atoms with van der Waals surface area (Å²) < 4.78 is 40.3. The average Bonchev–Trinajstić information content (AvgIpc) is 3.35. The van der Waals surface area contributed by atoms with Crippen LogP contribution in [0.3, 0.4) is 0 Å². The van der Waals surface area contributed by atoms with Crippen LogP contribution in [0.5, 0.6) is 11.5 Å². The number of benzene rings is 2. The summed E-state index contributed by atoms with van der Waals surface area (Å²) in [5.41, 5.74) is 0.329. The molecule has 0 atom stereocenters. The lowest BCUT2D eigenvalue weighted by Crippen LogP contribution is -2.12. The summed E-state index contributed by atoms with van der Waals surface area (Å²) in [6.07, 6.45) is 0.0319. The number of hydrogen-bond donors (Lipinski definition) is 1. The molecule has 0 saturated heterocycles. The van der Waals surface area contributed by atoms with Gasteiger partial charge in [0, 0.05) is 12.0 Å². The molecule has 4 rings (SSSR count). The first-order valence-corrected chi connectivity index (χ1v) is 9.98. The van der Waals surface area contributed by atoms with Gasteiger partial charge in [0.25, 0.3) is 5.91 Å². The van der Waals surface area contributed by atoms with Crippen LogP contribution in [0, 0.1) is 0 Å². The number of carbonyl (C=O) groups is 1. The third kappa shape index (κ3) is 3.81. The predicted molar refractivity (Wildman–Crippen MR) is 97.0 cm³/mol. The van der Waals surface area contributed by atoms with Crippen molar-refractivity contribution >= 4 is 21.8 Å². The molecule has 0 bridgehead atoms. The van der Waals surface area contributed by atoms with Gasteiger partial charge < -0.3 is 13.9 Å². The maximum absolute atomic E-state index is 12.3. The second-order valence-corrected chi connectivity index (χ2v) is 8.01. The Bertz CT molecular complexity index is 1110. The SMILES string of the molecule is O=C(Nc1nnc(CCS(=O)(=O)c2ccccc2)o1)c1ccc2c(c1)OCO2. The van der Waals surface area contributed by atoms with Crippen molar-refractivity contribution in [2.75, 3.05) is 17.9 Å². The number of anilines is 1. The number of ether oxygens (including phenoxy) is 2. The largest absolute Gasteiger partial charge is 0.454 e. The second-order valence-electron chi connectivity index (χ2n) is 5.91. The van der Waals surface area contributed by atoms with Crippen molar-refractivity contribution in [1.29, 1.82) is 0 Å². The van der Waals surface area contributed by atoms with Crippen molar-refractivity contribution < 1.29 is 27.1 Å². The van der Waals surface area contributed by atoms with E-state index >= 15 is 0 Å². The maximum Gasteiger partial charge on any atom is 0.322 e. The Morgan fingerprint density at radius 2 is 1.82 bits per heavy atom. The first-order valence-electron chi connectivity index (χ1n) is 8.32. The molecule has 144 valence electrons. The molecule has 9 nitrogen and oxygen atoms in total. The van der Waals surface area contributed by atoms with E-state index < -0.39 is 15.7 Å². The van der Waals surface area contributed by atoms with E-state index in [0.29, 0.717) is 17.1 Å². The van der Waals surface area contributed by atoms with Gasteiger partial charge in [-0.3, -0.25) is 10.1 Å². The second kappa shape index (κ2) is 7.31. The van der Waals surface area contributed by atoms with Gasteiger partial charge in [-0.1, -0.05) is 23.3 Å². The molecule has 1 N–H and O–H groups in total. The van der Waals surface area contributed by atoms with Crippen LogP contribution in [0.1, 0.15) is 16.2 Å². The first kappa shape index (κ1) is 18.0. The zero-order valence-electron chi connectivity index (χ0n) is 14.5. The fraction of sp³-hybridized carbons (Fsp3) is 0.167. The van der Waals surface area contributed by atoms with E-state index in [1.807, 2.05) is 0 Å². The molecule has 1 amide bonds. The molecule has 2 aromatic carbocycles. The van der Waals surface area contributed by atoms with Crippen LogP contribution in [0.4, 0.5) is 6.01 Å². The molecule has 28 heavy (non-hydrogen) atoms. The van der Waals surface area contributed by atoms with Crippen LogP contribution in [0.25, 0.3) is 0 Å². The monoisotopic (exact) mass is 401 g/mol. The van der Waals surface area contributed by atoms with Crippen molar-refractivity contribution in [2.45, 2.75) is 11.3 Å². The molecule has 1 aliphatic rings. The Labute approximate surface area is 160 Å². The van der Waals surface area contributed by atoms with E-state index in [1.165, 1.54) is 12.1 Å². The number of sulfone groups is 1. The maximum atomic E-state index is 12.3. The first-order chi connectivity index (χ1) is 13.5. The molecule has 0 radical (unpaired) electrons. The Hall–Kier alpha value is -3.40. The summed E-state index contributed by atoms with van der Waals surface area (Å²) in [6, 6.07) is 12.7. The van der Waals surface area contributed by atoms with E-state index in [4.69, 9.17) is 13.9 Å². The van der Waals surface area contributed by atoms with Crippen molar-refractivity contribution in [3.8, 4) is 11.5 Å². The molecule has 0 aliphatic carbocycles. The van der Waals surface area contributed by atoms with Crippen LogP contribution in [-0.4, -0.2) is 37.1 Å². The number of hydrogen-bond acceptors (Lipinski definition) is 8. The van der Waals surface area contributed by atoms with Crippen molar-refractivity contribution in [2.24, 2.45) is 0 Å². The highest BCUT2D eigenvalue weighted by Crippen LogP contribution is 2.32. The van der Waals surface area contributed by atoms with Crippen LogP contribution < -0.4 is 14.8 Å². The molecule has 1 aromatic heterocycles. The third-order valence-corrected chi connectivity index (χ3v) is 5.74. The summed E-state index contributed by atoms with van der Waals surface area (Å²) in [6.45, 7) is 0.110. The Kier molecular flexibility index (Phi) is 4.70. The van der Waals surface area contributed by atoms with Gasteiger partial charge in [0.05, 0.1) is 10.6 Å². The van der Waals surface area contributed by atoms with Gasteiger partial charge in [-0.15, -0.1) is 5.10 Å². The van der Waals surface area contributed by atoms with Crippen molar-refractivity contribution in [3.63, 3.8) is 0 Å². The lowest BCUT2D eigenvalue weighted by Gasteiger charge is -2.02. The van der Waals surface area contributed by atoms with Crippen LogP contribution >= 0.6 is 0 Å². The van der Waals surface area contributed by atoms with Gasteiger partial charge in [0.2, 0.25) is 12.7 Å². The normalized spacial score (nSPS) is 12.7. The van der Waals surface area contributed by atoms with E-state index in [1.54, 1.807) is 36.4 Å². The molecule has 1 aliphatic heterocycles. The topological polar surface area (TPSA) is 121 Å². The van der Waals surface area contributed by atoms with Gasteiger partial charge >= 0.3 is 6.01 Å². The Morgan fingerprint density at radius 1 is 1.04 bits per heavy atom. The zero-order valence-corrected chi connectivity index (χ0v) is 15.3. The summed E-state index contributed by atoms with van der Waals surface area (Å²) in [7, 11) is -3.46. The highest BCUT2D eigenvalue weighted by molar-refractivity contribution is 7.91. The van der Waals surface area contributed by atoms with E-state index in [2.05, 4.69) is 15.5 Å². The van der Waals surface area contributed by atoms with Gasteiger partial charge in [0.15, 0.2) is 21.3 Å². The van der Waals surface area contributed by atoms with Gasteiger partial charge in [0.1, 0.15) is 0 Å². The molecule has 0 fully saturated rings. The van der Waals surface area contributed by atoms with Crippen LogP contribution in [-0.2, 0) is 16.3 Å². The van der Waals surface area contributed by atoms with Gasteiger partial charge in [-0.2, -0.15) is 0 Å². The Balaban J connectivity index is 1.38. The van der Waals surface area contributed by atoms with Crippen molar-refractivity contribution in [1.82, 2.24) is 10.2 Å². The standard InChI is InChI=1S/C18H15N3O6S/c22-17(12-6-7-14-15(10-12)26-11-25-14)19-18-21-20-16(27-18)8-9-28(23,24)13-4-2-1-3-5-13/h1-7,10H,8-9,11H2,(H,19,21,22). The lowest BCUT2D eigenvalue weighted by molar-refractivity contribution is 0.102. The van der Waals surface area contributed by atoms with E-state index in [-0.39, 0.29) is 35.8 Å². The summed E-state index contributed by atoms with van der Waals surface area (Å²) in [5.74, 6) is 0.501. The fourth-order valence-electron chi connectivity index (χ4n) is 2.58. The van der Waals surface area contributed by atoms with Crippen LogP contribution in [0.15, 0.2) is 57.8 Å². The minimum atomic E-state index is -3.46. The van der Waals surface area contributed by atoms with E-state index in [0.717, 1.165) is 0 Å².